The summed E-state index contributed by atoms with van der Waals surface area (Å²) in [5.74, 6) is 5.46. The lowest BCUT2D eigenvalue weighted by Gasteiger charge is -2.13. The predicted octanol–water partition coefficient (Wildman–Crippen LogP) is 0.354. The first-order chi connectivity index (χ1) is 8.20. The zero-order valence-electron chi connectivity index (χ0n) is 9.05. The molecule has 1 fully saturated rings. The molecule has 1 saturated heterocycles. The Bertz CT molecular complexity index is 434. The van der Waals surface area contributed by atoms with Crippen molar-refractivity contribution in [2.24, 2.45) is 5.84 Å². The summed E-state index contributed by atoms with van der Waals surface area (Å²) < 4.78 is 0. The van der Waals surface area contributed by atoms with Crippen molar-refractivity contribution >= 4 is 22.9 Å². The molecule has 90 valence electrons. The highest BCUT2D eigenvalue weighted by molar-refractivity contribution is 8.13. The van der Waals surface area contributed by atoms with Crippen LogP contribution in [-0.4, -0.2) is 33.3 Å². The Hall–Kier alpha value is -1.60. The van der Waals surface area contributed by atoms with Crippen LogP contribution in [0.4, 0.5) is 4.79 Å². The SMILES string of the molecule is NNC(=O)c1ccc(CN2CCSC2=O)nc1. The third-order valence-corrected chi connectivity index (χ3v) is 3.31. The van der Waals surface area contributed by atoms with Gasteiger partial charge in [0, 0.05) is 18.5 Å². The molecule has 0 bridgehead atoms. The number of rotatable bonds is 3. The molecule has 0 aliphatic carbocycles. The summed E-state index contributed by atoms with van der Waals surface area (Å²) in [4.78, 5) is 28.4. The minimum absolute atomic E-state index is 0.0792. The standard InChI is InChI=1S/C10H12N4O2S/c11-13-9(15)7-1-2-8(12-5-7)6-14-3-4-17-10(14)16/h1-2,5H,3-4,6,11H2,(H,13,15). The Labute approximate surface area is 103 Å². The van der Waals surface area contributed by atoms with Crippen molar-refractivity contribution < 1.29 is 9.59 Å². The van der Waals surface area contributed by atoms with E-state index in [0.29, 0.717) is 12.1 Å². The maximum atomic E-state index is 11.4. The molecule has 6 nitrogen and oxygen atoms in total. The lowest BCUT2D eigenvalue weighted by Crippen LogP contribution is -2.30. The Morgan fingerprint density at radius 1 is 1.59 bits per heavy atom. The summed E-state index contributed by atoms with van der Waals surface area (Å²) in [6.07, 6.45) is 1.45. The molecule has 2 rings (SSSR count). The first-order valence-electron chi connectivity index (χ1n) is 5.08. The van der Waals surface area contributed by atoms with Crippen LogP contribution in [0.5, 0.6) is 0 Å². The molecule has 7 heteroatoms. The van der Waals surface area contributed by atoms with E-state index in [0.717, 1.165) is 18.0 Å². The van der Waals surface area contributed by atoms with Crippen molar-refractivity contribution in [3.8, 4) is 0 Å². The van der Waals surface area contributed by atoms with E-state index in [1.165, 1.54) is 18.0 Å². The van der Waals surface area contributed by atoms with E-state index in [9.17, 15) is 9.59 Å². The van der Waals surface area contributed by atoms with Crippen molar-refractivity contribution in [1.82, 2.24) is 15.3 Å². The van der Waals surface area contributed by atoms with Crippen LogP contribution in [0.2, 0.25) is 0 Å². The number of hydrazine groups is 1. The highest BCUT2D eigenvalue weighted by Gasteiger charge is 2.21. The third-order valence-electron chi connectivity index (χ3n) is 2.42. The van der Waals surface area contributed by atoms with E-state index in [-0.39, 0.29) is 11.1 Å². The molecule has 1 aliphatic heterocycles. The second-order valence-corrected chi connectivity index (χ2v) is 4.59. The highest BCUT2D eigenvalue weighted by Crippen LogP contribution is 2.19. The molecule has 0 aromatic carbocycles. The number of nitrogens with two attached hydrogens (primary N) is 1. The average molecular weight is 252 g/mol. The summed E-state index contributed by atoms with van der Waals surface area (Å²) in [6.45, 7) is 1.23. The second kappa shape index (κ2) is 5.15. The number of hydrogen-bond donors (Lipinski definition) is 2. The number of carbonyl (C=O) groups excluding carboxylic acids is 2. The van der Waals surface area contributed by atoms with Gasteiger partial charge in [0.2, 0.25) is 0 Å². The number of thioether (sulfide) groups is 1. The predicted molar refractivity (Wildman–Crippen MR) is 64.2 cm³/mol. The molecule has 0 radical (unpaired) electrons. The van der Waals surface area contributed by atoms with Gasteiger partial charge in [0.05, 0.1) is 17.8 Å². The van der Waals surface area contributed by atoms with Crippen LogP contribution in [0, 0.1) is 0 Å². The van der Waals surface area contributed by atoms with E-state index >= 15 is 0 Å². The van der Waals surface area contributed by atoms with E-state index in [1.54, 1.807) is 17.0 Å². The smallest absolute Gasteiger partial charge is 0.282 e. The summed E-state index contributed by atoms with van der Waals surface area (Å²) in [5, 5.41) is 0.0792. The lowest BCUT2D eigenvalue weighted by molar-refractivity contribution is 0.0953. The number of pyridine rings is 1. The molecule has 0 atom stereocenters. The van der Waals surface area contributed by atoms with Crippen molar-refractivity contribution in [2.75, 3.05) is 12.3 Å². The Morgan fingerprint density at radius 2 is 2.41 bits per heavy atom. The Kier molecular flexibility index (Phi) is 3.60. The highest BCUT2D eigenvalue weighted by atomic mass is 32.2. The number of carbonyl (C=O) groups is 2. The van der Waals surface area contributed by atoms with E-state index < -0.39 is 0 Å². The van der Waals surface area contributed by atoms with Crippen molar-refractivity contribution in [3.05, 3.63) is 29.6 Å². The maximum Gasteiger partial charge on any atom is 0.282 e. The minimum atomic E-state index is -0.378. The van der Waals surface area contributed by atoms with Gasteiger partial charge in [-0.2, -0.15) is 0 Å². The molecule has 17 heavy (non-hydrogen) atoms. The molecule has 3 N–H and O–H groups in total. The molecule has 0 unspecified atom stereocenters. The second-order valence-electron chi connectivity index (χ2n) is 3.55. The zero-order chi connectivity index (χ0) is 12.3. The van der Waals surface area contributed by atoms with Crippen LogP contribution in [0.3, 0.4) is 0 Å². The number of aromatic nitrogens is 1. The number of nitrogens with zero attached hydrogens (tertiary/aromatic N) is 2. The number of nitrogen functional groups attached to an aromatic ring is 1. The van der Waals surface area contributed by atoms with Gasteiger partial charge in [-0.05, 0) is 12.1 Å². The third kappa shape index (κ3) is 2.75. The molecule has 1 aromatic rings. The van der Waals surface area contributed by atoms with Crippen molar-refractivity contribution in [3.63, 3.8) is 0 Å². The van der Waals surface area contributed by atoms with Crippen LogP contribution in [0.25, 0.3) is 0 Å². The van der Waals surface area contributed by atoms with Gasteiger partial charge in [-0.25, -0.2) is 5.84 Å². The zero-order valence-corrected chi connectivity index (χ0v) is 9.87. The molecule has 2 heterocycles. The van der Waals surface area contributed by atoms with Gasteiger partial charge in [-0.3, -0.25) is 20.0 Å². The van der Waals surface area contributed by atoms with Gasteiger partial charge in [0.15, 0.2) is 0 Å². The lowest BCUT2D eigenvalue weighted by atomic mass is 10.2. The molecular formula is C10H12N4O2S. The maximum absolute atomic E-state index is 11.4. The topological polar surface area (TPSA) is 88.3 Å². The molecule has 0 spiro atoms. The quantitative estimate of drug-likeness (QED) is 0.460. The largest absolute Gasteiger partial charge is 0.327 e. The summed E-state index contributed by atoms with van der Waals surface area (Å²) in [7, 11) is 0. The fraction of sp³-hybridized carbons (Fsp3) is 0.300. The van der Waals surface area contributed by atoms with Gasteiger partial charge >= 0.3 is 0 Å². The van der Waals surface area contributed by atoms with E-state index in [1.807, 2.05) is 5.43 Å². The fourth-order valence-corrected chi connectivity index (χ4v) is 2.33. The van der Waals surface area contributed by atoms with Crippen LogP contribution >= 0.6 is 11.8 Å². The van der Waals surface area contributed by atoms with Gasteiger partial charge in [0.25, 0.3) is 11.1 Å². The molecule has 2 amide bonds. The monoisotopic (exact) mass is 252 g/mol. The number of amides is 2. The van der Waals surface area contributed by atoms with Gasteiger partial charge < -0.3 is 4.90 Å². The normalized spacial score (nSPS) is 15.1. The van der Waals surface area contributed by atoms with Gasteiger partial charge in [-0.15, -0.1) is 0 Å². The Balaban J connectivity index is 2.03. The fourth-order valence-electron chi connectivity index (χ4n) is 1.50. The van der Waals surface area contributed by atoms with Crippen molar-refractivity contribution in [2.45, 2.75) is 6.54 Å². The van der Waals surface area contributed by atoms with Crippen LogP contribution in [-0.2, 0) is 6.54 Å². The minimum Gasteiger partial charge on any atom is -0.327 e. The molecule has 1 aliphatic rings. The summed E-state index contributed by atoms with van der Waals surface area (Å²) >= 11 is 1.31. The summed E-state index contributed by atoms with van der Waals surface area (Å²) in [5.41, 5.74) is 3.19. The number of hydrogen-bond acceptors (Lipinski definition) is 5. The Morgan fingerprint density at radius 3 is 2.94 bits per heavy atom. The van der Waals surface area contributed by atoms with Crippen LogP contribution in [0.1, 0.15) is 16.1 Å². The first-order valence-corrected chi connectivity index (χ1v) is 6.07. The van der Waals surface area contributed by atoms with Gasteiger partial charge in [-0.1, -0.05) is 11.8 Å². The summed E-state index contributed by atoms with van der Waals surface area (Å²) in [6, 6.07) is 3.36. The number of nitrogens with one attached hydrogen (secondary N) is 1. The van der Waals surface area contributed by atoms with Gasteiger partial charge in [0.1, 0.15) is 0 Å². The van der Waals surface area contributed by atoms with Crippen molar-refractivity contribution in [1.29, 1.82) is 0 Å². The molecule has 0 saturated carbocycles. The van der Waals surface area contributed by atoms with Crippen LogP contribution < -0.4 is 11.3 Å². The van der Waals surface area contributed by atoms with E-state index in [2.05, 4.69) is 4.98 Å². The molecular weight excluding hydrogens is 240 g/mol. The van der Waals surface area contributed by atoms with Crippen LogP contribution in [0.15, 0.2) is 18.3 Å². The van der Waals surface area contributed by atoms with E-state index in [4.69, 9.17) is 5.84 Å². The first kappa shape index (κ1) is 11.9. The average Bonchev–Trinajstić information content (AvgIpc) is 2.75. The molecule has 1 aromatic heterocycles.